The van der Waals surface area contributed by atoms with Gasteiger partial charge in [-0.05, 0) is 30.7 Å². The molecule has 112 valence electrons. The van der Waals surface area contributed by atoms with E-state index < -0.39 is 6.10 Å². The number of halogens is 3. The summed E-state index contributed by atoms with van der Waals surface area (Å²) in [5.74, 6) is 0. The molecule has 2 N–H and O–H groups in total. The Kier molecular flexibility index (Phi) is 5.91. The summed E-state index contributed by atoms with van der Waals surface area (Å²) in [6.45, 7) is 2.36. The summed E-state index contributed by atoms with van der Waals surface area (Å²) >= 11 is 18.1. The predicted molar refractivity (Wildman–Crippen MR) is 89.3 cm³/mol. The molecule has 0 fully saturated rings. The minimum atomic E-state index is -0.674. The third-order valence-corrected chi connectivity index (χ3v) is 4.22. The van der Waals surface area contributed by atoms with Crippen molar-refractivity contribution in [1.29, 1.82) is 0 Å². The van der Waals surface area contributed by atoms with Crippen LogP contribution >= 0.6 is 34.8 Å². The molecule has 0 aliphatic rings. The van der Waals surface area contributed by atoms with Crippen LogP contribution in [0, 0.1) is 0 Å². The average Bonchev–Trinajstić information content (AvgIpc) is 2.45. The van der Waals surface area contributed by atoms with Crippen molar-refractivity contribution in [2.24, 2.45) is 0 Å². The largest absolute Gasteiger partial charge is 0.387 e. The number of hydrogen-bond acceptors (Lipinski definition) is 2. The summed E-state index contributed by atoms with van der Waals surface area (Å²) in [5.41, 5.74) is 1.65. The van der Waals surface area contributed by atoms with E-state index in [4.69, 9.17) is 34.8 Å². The second-order valence-electron chi connectivity index (χ2n) is 4.83. The molecule has 2 rings (SSSR count). The second kappa shape index (κ2) is 7.48. The third-order valence-electron chi connectivity index (χ3n) is 3.31. The van der Waals surface area contributed by atoms with Gasteiger partial charge in [0, 0.05) is 33.2 Å². The van der Waals surface area contributed by atoms with Gasteiger partial charge in [0.25, 0.3) is 0 Å². The van der Waals surface area contributed by atoms with Crippen molar-refractivity contribution in [3.8, 4) is 0 Å². The van der Waals surface area contributed by atoms with Gasteiger partial charge in [-0.1, -0.05) is 59.1 Å². The van der Waals surface area contributed by atoms with Gasteiger partial charge in [0.2, 0.25) is 0 Å². The zero-order chi connectivity index (χ0) is 15.4. The predicted octanol–water partition coefficient (Wildman–Crippen LogP) is 5.03. The van der Waals surface area contributed by atoms with Crippen LogP contribution in [0.15, 0.2) is 42.5 Å². The highest BCUT2D eigenvalue weighted by molar-refractivity contribution is 6.35. The molecule has 0 saturated heterocycles. The molecule has 0 spiro atoms. The van der Waals surface area contributed by atoms with E-state index in [1.807, 2.05) is 31.2 Å². The van der Waals surface area contributed by atoms with E-state index in [2.05, 4.69) is 5.32 Å². The summed E-state index contributed by atoms with van der Waals surface area (Å²) < 4.78 is 0. The van der Waals surface area contributed by atoms with Crippen molar-refractivity contribution in [3.63, 3.8) is 0 Å². The number of nitrogens with one attached hydrogen (secondary N) is 1. The first-order valence-electron chi connectivity index (χ1n) is 6.60. The van der Waals surface area contributed by atoms with E-state index in [-0.39, 0.29) is 6.04 Å². The van der Waals surface area contributed by atoms with Crippen LogP contribution in [-0.2, 0) is 0 Å². The van der Waals surface area contributed by atoms with Gasteiger partial charge in [-0.2, -0.15) is 0 Å². The van der Waals surface area contributed by atoms with Crippen molar-refractivity contribution in [1.82, 2.24) is 5.32 Å². The van der Waals surface area contributed by atoms with Crippen LogP contribution in [0.4, 0.5) is 0 Å². The van der Waals surface area contributed by atoms with Gasteiger partial charge in [0.05, 0.1) is 6.10 Å². The van der Waals surface area contributed by atoms with E-state index in [0.29, 0.717) is 27.2 Å². The molecule has 2 nitrogen and oxygen atoms in total. The fraction of sp³-hybridized carbons (Fsp3) is 0.250. The van der Waals surface area contributed by atoms with Crippen molar-refractivity contribution in [2.75, 3.05) is 6.54 Å². The number of aliphatic hydroxyl groups is 1. The molecule has 0 saturated carbocycles. The molecule has 0 heterocycles. The minimum absolute atomic E-state index is 0.00750. The molecule has 0 amide bonds. The second-order valence-corrected chi connectivity index (χ2v) is 6.08. The van der Waals surface area contributed by atoms with Crippen molar-refractivity contribution in [3.05, 3.63) is 68.7 Å². The lowest BCUT2D eigenvalue weighted by atomic mass is 10.1. The molecular formula is C16H16Cl3NO. The van der Waals surface area contributed by atoms with E-state index in [0.717, 1.165) is 5.56 Å². The summed E-state index contributed by atoms with van der Waals surface area (Å²) in [7, 11) is 0. The maximum absolute atomic E-state index is 10.2. The fourth-order valence-electron chi connectivity index (χ4n) is 2.11. The number of benzene rings is 2. The van der Waals surface area contributed by atoms with E-state index >= 15 is 0 Å². The van der Waals surface area contributed by atoms with Gasteiger partial charge in [0.1, 0.15) is 0 Å². The first-order valence-corrected chi connectivity index (χ1v) is 7.73. The van der Waals surface area contributed by atoms with E-state index in [1.54, 1.807) is 18.2 Å². The Morgan fingerprint density at radius 3 is 2.38 bits per heavy atom. The lowest BCUT2D eigenvalue weighted by molar-refractivity contribution is 0.171. The van der Waals surface area contributed by atoms with Crippen molar-refractivity contribution in [2.45, 2.75) is 19.1 Å². The highest BCUT2D eigenvalue weighted by Gasteiger charge is 2.14. The number of rotatable bonds is 5. The molecular weight excluding hydrogens is 329 g/mol. The zero-order valence-electron chi connectivity index (χ0n) is 11.5. The zero-order valence-corrected chi connectivity index (χ0v) is 13.8. The Morgan fingerprint density at radius 2 is 1.71 bits per heavy atom. The summed E-state index contributed by atoms with van der Waals surface area (Å²) in [5, 5.41) is 15.2. The smallest absolute Gasteiger partial charge is 0.0928 e. The van der Waals surface area contributed by atoms with E-state index in [1.165, 1.54) is 0 Å². The normalized spacial score (nSPS) is 14.0. The molecule has 0 aliphatic carbocycles. The topological polar surface area (TPSA) is 32.3 Å². The molecule has 2 atom stereocenters. The maximum Gasteiger partial charge on any atom is 0.0928 e. The first-order chi connectivity index (χ1) is 9.99. The minimum Gasteiger partial charge on any atom is -0.387 e. The SMILES string of the molecule is CC(NCC(O)c1ccccc1Cl)c1ccc(Cl)cc1Cl. The standard InChI is InChI=1S/C16H16Cl3NO/c1-10(12-7-6-11(17)8-15(12)19)20-9-16(21)13-4-2-3-5-14(13)18/h2-8,10,16,20-21H,9H2,1H3. The Labute approximate surface area is 139 Å². The Hall–Kier alpha value is -0.770. The highest BCUT2D eigenvalue weighted by Crippen LogP contribution is 2.27. The van der Waals surface area contributed by atoms with Gasteiger partial charge in [-0.15, -0.1) is 0 Å². The van der Waals surface area contributed by atoms with Crippen LogP contribution in [-0.4, -0.2) is 11.7 Å². The maximum atomic E-state index is 10.2. The van der Waals surface area contributed by atoms with Crippen LogP contribution in [0.2, 0.25) is 15.1 Å². The van der Waals surface area contributed by atoms with Crippen LogP contribution < -0.4 is 5.32 Å². The molecule has 2 unspecified atom stereocenters. The molecule has 2 aromatic rings. The Balaban J connectivity index is 2.01. The van der Waals surface area contributed by atoms with E-state index in [9.17, 15) is 5.11 Å². The van der Waals surface area contributed by atoms with Crippen molar-refractivity contribution >= 4 is 34.8 Å². The van der Waals surface area contributed by atoms with Gasteiger partial charge < -0.3 is 10.4 Å². The summed E-state index contributed by atoms with van der Waals surface area (Å²) in [6, 6.07) is 12.6. The van der Waals surface area contributed by atoms with Crippen LogP contribution in [0.25, 0.3) is 0 Å². The monoisotopic (exact) mass is 343 g/mol. The van der Waals surface area contributed by atoms with Gasteiger partial charge >= 0.3 is 0 Å². The first kappa shape index (κ1) is 16.6. The quantitative estimate of drug-likeness (QED) is 0.797. The van der Waals surface area contributed by atoms with Crippen molar-refractivity contribution < 1.29 is 5.11 Å². The average molecular weight is 345 g/mol. The molecule has 0 bridgehead atoms. The molecule has 5 heteroatoms. The Morgan fingerprint density at radius 1 is 1.00 bits per heavy atom. The van der Waals surface area contributed by atoms with Crippen LogP contribution in [0.3, 0.4) is 0 Å². The van der Waals surface area contributed by atoms with Gasteiger partial charge in [-0.25, -0.2) is 0 Å². The molecule has 0 aliphatic heterocycles. The number of aliphatic hydroxyl groups excluding tert-OH is 1. The molecule has 2 aromatic carbocycles. The van der Waals surface area contributed by atoms with Crippen LogP contribution in [0.5, 0.6) is 0 Å². The molecule has 0 radical (unpaired) electrons. The summed E-state index contributed by atoms with van der Waals surface area (Å²) in [4.78, 5) is 0. The Bertz CT molecular complexity index is 618. The highest BCUT2D eigenvalue weighted by atomic mass is 35.5. The third kappa shape index (κ3) is 4.35. The van der Waals surface area contributed by atoms with Crippen LogP contribution in [0.1, 0.15) is 30.2 Å². The lowest BCUT2D eigenvalue weighted by Gasteiger charge is -2.19. The molecule has 21 heavy (non-hydrogen) atoms. The number of hydrogen-bond donors (Lipinski definition) is 2. The fourth-order valence-corrected chi connectivity index (χ4v) is 2.94. The van der Waals surface area contributed by atoms with Gasteiger partial charge in [-0.3, -0.25) is 0 Å². The summed E-state index contributed by atoms with van der Waals surface area (Å²) in [6.07, 6.45) is -0.674. The lowest BCUT2D eigenvalue weighted by Crippen LogP contribution is -2.25. The molecule has 0 aromatic heterocycles. The van der Waals surface area contributed by atoms with Gasteiger partial charge in [0.15, 0.2) is 0 Å².